The van der Waals surface area contributed by atoms with Gasteiger partial charge in [0.1, 0.15) is 0 Å². The number of rotatable bonds is 4. The number of amides is 1. The van der Waals surface area contributed by atoms with Crippen molar-refractivity contribution in [3.63, 3.8) is 0 Å². The van der Waals surface area contributed by atoms with Crippen LogP contribution in [0.2, 0.25) is 0 Å². The lowest BCUT2D eigenvalue weighted by Crippen LogP contribution is -2.29. The lowest BCUT2D eigenvalue weighted by atomic mass is 10.0. The van der Waals surface area contributed by atoms with E-state index in [1.54, 1.807) is 0 Å². The minimum atomic E-state index is -0.527. The molecule has 1 aliphatic heterocycles. The molecular formula is C19H21N5O. The van der Waals surface area contributed by atoms with E-state index in [1.807, 2.05) is 30.6 Å². The molecule has 6 nitrogen and oxygen atoms in total. The number of carbonyl (C=O) groups is 1. The number of piperidine rings is 1. The molecule has 0 aliphatic carbocycles. The van der Waals surface area contributed by atoms with Crippen LogP contribution in [0.15, 0.2) is 36.7 Å². The molecule has 1 fully saturated rings. The normalized spacial score (nSPS) is 15.5. The fourth-order valence-electron chi connectivity index (χ4n) is 3.49. The molecule has 2 aromatic heterocycles. The van der Waals surface area contributed by atoms with E-state index in [1.165, 1.54) is 24.8 Å². The van der Waals surface area contributed by atoms with Gasteiger partial charge < -0.3 is 5.73 Å². The van der Waals surface area contributed by atoms with E-state index in [-0.39, 0.29) is 5.69 Å². The van der Waals surface area contributed by atoms with E-state index in [0.29, 0.717) is 0 Å². The molecule has 1 amide bonds. The van der Waals surface area contributed by atoms with Gasteiger partial charge in [-0.15, -0.1) is 0 Å². The Balaban J connectivity index is 1.64. The zero-order chi connectivity index (χ0) is 17.2. The van der Waals surface area contributed by atoms with E-state index in [0.717, 1.165) is 41.7 Å². The fourth-order valence-corrected chi connectivity index (χ4v) is 3.49. The van der Waals surface area contributed by atoms with Crippen LogP contribution in [0.4, 0.5) is 0 Å². The van der Waals surface area contributed by atoms with Gasteiger partial charge in [0.25, 0.3) is 5.91 Å². The Bertz CT molecular complexity index is 911. The van der Waals surface area contributed by atoms with Crippen LogP contribution in [0.5, 0.6) is 0 Å². The fraction of sp³-hybridized carbons (Fsp3) is 0.316. The summed E-state index contributed by atoms with van der Waals surface area (Å²) in [7, 11) is 0. The monoisotopic (exact) mass is 335 g/mol. The van der Waals surface area contributed by atoms with Crippen molar-refractivity contribution in [2.24, 2.45) is 5.73 Å². The Hall–Kier alpha value is -2.73. The van der Waals surface area contributed by atoms with Gasteiger partial charge >= 0.3 is 0 Å². The average Bonchev–Trinajstić information content (AvgIpc) is 3.06. The van der Waals surface area contributed by atoms with Gasteiger partial charge in [-0.3, -0.25) is 19.8 Å². The molecule has 1 aliphatic rings. The summed E-state index contributed by atoms with van der Waals surface area (Å²) in [6.07, 6.45) is 7.68. The number of aromatic nitrogens is 3. The van der Waals surface area contributed by atoms with Gasteiger partial charge in [0.05, 0.1) is 5.52 Å². The summed E-state index contributed by atoms with van der Waals surface area (Å²) in [6.45, 7) is 3.25. The number of H-pyrrole nitrogens is 1. The smallest absolute Gasteiger partial charge is 0.269 e. The minimum absolute atomic E-state index is 0.272. The maximum atomic E-state index is 11.5. The van der Waals surface area contributed by atoms with E-state index in [2.05, 4.69) is 26.1 Å². The van der Waals surface area contributed by atoms with Crippen molar-refractivity contribution < 1.29 is 4.79 Å². The van der Waals surface area contributed by atoms with E-state index in [9.17, 15) is 4.79 Å². The molecule has 1 saturated heterocycles. The minimum Gasteiger partial charge on any atom is -0.364 e. The van der Waals surface area contributed by atoms with Crippen LogP contribution in [0.3, 0.4) is 0 Å². The number of carbonyl (C=O) groups excluding carboxylic acids is 1. The molecule has 0 bridgehead atoms. The van der Waals surface area contributed by atoms with Crippen molar-refractivity contribution in [2.45, 2.75) is 25.8 Å². The van der Waals surface area contributed by atoms with E-state index >= 15 is 0 Å². The number of aromatic amines is 1. The summed E-state index contributed by atoms with van der Waals surface area (Å²) in [5.74, 6) is -0.527. The van der Waals surface area contributed by atoms with Crippen LogP contribution in [-0.2, 0) is 6.54 Å². The molecule has 1 aromatic carbocycles. The molecule has 3 heterocycles. The average molecular weight is 335 g/mol. The molecule has 0 radical (unpaired) electrons. The van der Waals surface area contributed by atoms with Crippen molar-refractivity contribution in [1.82, 2.24) is 20.1 Å². The molecule has 128 valence electrons. The van der Waals surface area contributed by atoms with Gasteiger partial charge in [-0.25, -0.2) is 0 Å². The van der Waals surface area contributed by atoms with Gasteiger partial charge in [-0.05, 0) is 55.3 Å². The third-order valence-corrected chi connectivity index (χ3v) is 4.78. The van der Waals surface area contributed by atoms with Crippen LogP contribution in [0.25, 0.3) is 22.0 Å². The summed E-state index contributed by atoms with van der Waals surface area (Å²) in [6, 6.07) is 8.04. The number of likely N-dealkylation sites (tertiary alicyclic amines) is 1. The highest BCUT2D eigenvalue weighted by Crippen LogP contribution is 2.26. The van der Waals surface area contributed by atoms with Gasteiger partial charge in [-0.1, -0.05) is 12.5 Å². The lowest BCUT2D eigenvalue weighted by Gasteiger charge is -2.26. The highest BCUT2D eigenvalue weighted by Gasteiger charge is 2.13. The predicted octanol–water partition coefficient (Wildman–Crippen LogP) is 2.71. The molecule has 6 heteroatoms. The topological polar surface area (TPSA) is 87.9 Å². The summed E-state index contributed by atoms with van der Waals surface area (Å²) in [4.78, 5) is 18.4. The maximum absolute atomic E-state index is 11.5. The van der Waals surface area contributed by atoms with Crippen molar-refractivity contribution in [1.29, 1.82) is 0 Å². The molecule has 4 rings (SSSR count). The summed E-state index contributed by atoms with van der Waals surface area (Å²) < 4.78 is 0. The van der Waals surface area contributed by atoms with Crippen LogP contribution >= 0.6 is 0 Å². The molecule has 0 unspecified atom stereocenters. The second-order valence-corrected chi connectivity index (χ2v) is 6.62. The number of pyridine rings is 1. The second-order valence-electron chi connectivity index (χ2n) is 6.62. The van der Waals surface area contributed by atoms with Crippen LogP contribution in [-0.4, -0.2) is 39.1 Å². The maximum Gasteiger partial charge on any atom is 0.269 e. The van der Waals surface area contributed by atoms with Crippen LogP contribution < -0.4 is 5.73 Å². The number of primary amides is 1. The molecule has 0 saturated carbocycles. The Morgan fingerprint density at radius 2 is 1.96 bits per heavy atom. The van der Waals surface area contributed by atoms with E-state index < -0.39 is 5.91 Å². The SMILES string of the molecule is NC(=O)c1n[nH]c2ccc(-c3cncc(CN4CCCCC4)c3)cc12. The number of nitrogens with two attached hydrogens (primary N) is 1. The second kappa shape index (κ2) is 6.64. The molecule has 3 N–H and O–H groups in total. The van der Waals surface area contributed by atoms with E-state index in [4.69, 9.17) is 5.73 Å². The molecule has 0 spiro atoms. The molecule has 3 aromatic rings. The number of nitrogens with zero attached hydrogens (tertiary/aromatic N) is 3. The van der Waals surface area contributed by atoms with Crippen LogP contribution in [0.1, 0.15) is 35.3 Å². The number of hydrogen-bond donors (Lipinski definition) is 2. The van der Waals surface area contributed by atoms with Crippen molar-refractivity contribution in [3.05, 3.63) is 47.9 Å². The molecular weight excluding hydrogens is 314 g/mol. The summed E-state index contributed by atoms with van der Waals surface area (Å²) in [5, 5.41) is 7.59. The largest absolute Gasteiger partial charge is 0.364 e. The zero-order valence-corrected chi connectivity index (χ0v) is 14.0. The first-order valence-electron chi connectivity index (χ1n) is 8.65. The van der Waals surface area contributed by atoms with Gasteiger partial charge in [0.2, 0.25) is 0 Å². The van der Waals surface area contributed by atoms with Crippen molar-refractivity contribution in [2.75, 3.05) is 13.1 Å². The highest BCUT2D eigenvalue weighted by molar-refractivity contribution is 6.04. The predicted molar refractivity (Wildman–Crippen MR) is 97.0 cm³/mol. The number of benzene rings is 1. The quantitative estimate of drug-likeness (QED) is 0.767. The van der Waals surface area contributed by atoms with Gasteiger partial charge in [0.15, 0.2) is 5.69 Å². The lowest BCUT2D eigenvalue weighted by molar-refractivity contribution is 0.0997. The zero-order valence-electron chi connectivity index (χ0n) is 14.0. The number of hydrogen-bond acceptors (Lipinski definition) is 4. The summed E-state index contributed by atoms with van der Waals surface area (Å²) >= 11 is 0. The first-order chi connectivity index (χ1) is 12.2. The Morgan fingerprint density at radius 1 is 1.12 bits per heavy atom. The molecule has 0 atom stereocenters. The number of fused-ring (bicyclic) bond motifs is 1. The van der Waals surface area contributed by atoms with Crippen LogP contribution in [0, 0.1) is 0 Å². The Kier molecular flexibility index (Phi) is 4.19. The van der Waals surface area contributed by atoms with Gasteiger partial charge in [-0.2, -0.15) is 5.10 Å². The molecule has 25 heavy (non-hydrogen) atoms. The van der Waals surface area contributed by atoms with Crippen molar-refractivity contribution >= 4 is 16.8 Å². The third kappa shape index (κ3) is 3.25. The first kappa shape index (κ1) is 15.8. The summed E-state index contributed by atoms with van der Waals surface area (Å²) in [5.41, 5.74) is 9.72. The Labute approximate surface area is 146 Å². The van der Waals surface area contributed by atoms with Crippen molar-refractivity contribution in [3.8, 4) is 11.1 Å². The standard InChI is InChI=1S/C19H21N5O/c20-19(25)18-16-9-14(4-5-17(16)22-23-18)15-8-13(10-21-11-15)12-24-6-2-1-3-7-24/h4-5,8-11H,1-3,6-7,12H2,(H2,20,25)(H,22,23). The first-order valence-corrected chi connectivity index (χ1v) is 8.65. The Morgan fingerprint density at radius 3 is 2.76 bits per heavy atom. The highest BCUT2D eigenvalue weighted by atomic mass is 16.1. The number of nitrogens with one attached hydrogen (secondary N) is 1. The van der Waals surface area contributed by atoms with Gasteiger partial charge in [0, 0.05) is 29.9 Å². The third-order valence-electron chi connectivity index (χ3n) is 4.78.